The molecule has 7 nitrogen and oxygen atoms in total. The zero-order chi connectivity index (χ0) is 24.6. The van der Waals surface area contributed by atoms with Gasteiger partial charge in [0, 0.05) is 48.7 Å². The maximum absolute atomic E-state index is 13.6. The van der Waals surface area contributed by atoms with Crippen LogP contribution in [0.15, 0.2) is 60.9 Å². The summed E-state index contributed by atoms with van der Waals surface area (Å²) in [6.45, 7) is 2.28. The molecule has 0 bridgehead atoms. The number of benzene rings is 2. The number of hydrogen-bond acceptors (Lipinski definition) is 6. The normalized spacial score (nSPS) is 14.5. The molecule has 0 atom stereocenters. The molecule has 182 valence electrons. The second-order valence-corrected chi connectivity index (χ2v) is 10.5. The van der Waals surface area contributed by atoms with E-state index in [2.05, 4.69) is 9.88 Å². The maximum atomic E-state index is 13.6. The zero-order valence-corrected chi connectivity index (χ0v) is 20.5. The monoisotopic (exact) mass is 515 g/mol. The van der Waals surface area contributed by atoms with Crippen molar-refractivity contribution in [2.24, 2.45) is 0 Å². The zero-order valence-electron chi connectivity index (χ0n) is 18.9. The van der Waals surface area contributed by atoms with Gasteiger partial charge in [0.15, 0.2) is 0 Å². The van der Waals surface area contributed by atoms with Crippen molar-refractivity contribution in [1.29, 1.82) is 0 Å². The third kappa shape index (κ3) is 5.48. The van der Waals surface area contributed by atoms with Crippen LogP contribution in [0.2, 0.25) is 5.02 Å². The third-order valence-electron chi connectivity index (χ3n) is 5.79. The van der Waals surface area contributed by atoms with E-state index in [1.54, 1.807) is 12.3 Å². The summed E-state index contributed by atoms with van der Waals surface area (Å²) in [5, 5.41) is 1.33. The minimum Gasteiger partial charge on any atom is -0.490 e. The molecule has 4 aromatic rings. The highest BCUT2D eigenvalue weighted by Gasteiger charge is 2.20. The molecule has 3 heterocycles. The molecule has 0 spiro atoms. The highest BCUT2D eigenvalue weighted by Crippen LogP contribution is 2.35. The lowest BCUT2D eigenvalue weighted by Gasteiger charge is -2.20. The molecule has 0 unspecified atom stereocenters. The van der Waals surface area contributed by atoms with E-state index in [1.807, 2.05) is 41.1 Å². The maximum Gasteiger partial charge on any atom is 0.264 e. The second-order valence-electron chi connectivity index (χ2n) is 8.49. The lowest BCUT2D eigenvalue weighted by atomic mass is 10.1. The Labute approximate surface area is 207 Å². The molecule has 5 rings (SSSR count). The van der Waals surface area contributed by atoms with E-state index in [0.717, 1.165) is 34.0 Å². The lowest BCUT2D eigenvalue weighted by molar-refractivity contribution is 0.219. The van der Waals surface area contributed by atoms with E-state index in [0.29, 0.717) is 42.7 Å². The molecule has 0 saturated carbocycles. The van der Waals surface area contributed by atoms with E-state index < -0.39 is 10.1 Å². The summed E-state index contributed by atoms with van der Waals surface area (Å²) in [5.41, 5.74) is 4.22. The Morgan fingerprint density at radius 1 is 1.17 bits per heavy atom. The molecule has 0 amide bonds. The van der Waals surface area contributed by atoms with Gasteiger partial charge in [-0.05, 0) is 54.1 Å². The molecule has 0 aliphatic carbocycles. The van der Waals surface area contributed by atoms with Crippen LogP contribution in [0.1, 0.15) is 16.8 Å². The fourth-order valence-corrected chi connectivity index (χ4v) is 4.88. The molecule has 0 radical (unpaired) electrons. The van der Waals surface area contributed by atoms with Crippen LogP contribution < -0.4 is 4.74 Å². The number of rotatable bonds is 6. The Hall–Kier alpha value is -2.98. The van der Waals surface area contributed by atoms with Crippen molar-refractivity contribution in [3.8, 4) is 11.4 Å². The quantitative estimate of drug-likeness (QED) is 0.347. The van der Waals surface area contributed by atoms with Crippen molar-refractivity contribution in [3.63, 3.8) is 0 Å². The van der Waals surface area contributed by atoms with Crippen LogP contribution in [0, 0.1) is 5.82 Å². The molecular formula is C25H23ClFN3O4S. The predicted molar refractivity (Wildman–Crippen MR) is 132 cm³/mol. The smallest absolute Gasteiger partial charge is 0.264 e. The third-order valence-corrected chi connectivity index (χ3v) is 6.62. The van der Waals surface area contributed by atoms with Crippen LogP contribution in [0.4, 0.5) is 4.39 Å². The Morgan fingerprint density at radius 2 is 2.03 bits per heavy atom. The molecule has 2 aromatic heterocycles. The van der Waals surface area contributed by atoms with Gasteiger partial charge in [-0.2, -0.15) is 8.42 Å². The van der Waals surface area contributed by atoms with Crippen molar-refractivity contribution >= 4 is 32.6 Å². The van der Waals surface area contributed by atoms with Crippen LogP contribution in [-0.4, -0.2) is 42.3 Å². The molecule has 0 N–H and O–H groups in total. The first kappa shape index (κ1) is 23.7. The van der Waals surface area contributed by atoms with Gasteiger partial charge < -0.3 is 9.30 Å². The summed E-state index contributed by atoms with van der Waals surface area (Å²) in [6, 6.07) is 14.2. The van der Waals surface area contributed by atoms with Gasteiger partial charge >= 0.3 is 0 Å². The van der Waals surface area contributed by atoms with Gasteiger partial charge in [-0.3, -0.25) is 14.1 Å². The van der Waals surface area contributed by atoms with Gasteiger partial charge in [0.1, 0.15) is 24.8 Å². The van der Waals surface area contributed by atoms with Gasteiger partial charge in [0.05, 0.1) is 22.5 Å². The van der Waals surface area contributed by atoms with Gasteiger partial charge in [-0.25, -0.2) is 4.39 Å². The summed E-state index contributed by atoms with van der Waals surface area (Å²) >= 11 is 6.63. The van der Waals surface area contributed by atoms with E-state index in [4.69, 9.17) is 20.5 Å². The summed E-state index contributed by atoms with van der Waals surface area (Å²) in [4.78, 5) is 6.42. The van der Waals surface area contributed by atoms with Crippen molar-refractivity contribution in [3.05, 3.63) is 88.6 Å². The number of nitrogens with zero attached hydrogens (tertiary/aromatic N) is 3. The first-order chi connectivity index (χ1) is 16.7. The average molecular weight is 516 g/mol. The Kier molecular flexibility index (Phi) is 6.50. The largest absolute Gasteiger partial charge is 0.490 e. The fourth-order valence-electron chi connectivity index (χ4n) is 4.25. The average Bonchev–Trinajstić information content (AvgIpc) is 3.10. The molecule has 0 saturated heterocycles. The summed E-state index contributed by atoms with van der Waals surface area (Å²) in [6.07, 6.45) is 4.56. The number of hydrogen-bond donors (Lipinski definition) is 0. The van der Waals surface area contributed by atoms with Crippen molar-refractivity contribution < 1.29 is 21.7 Å². The molecule has 1 aliphatic heterocycles. The fraction of sp³-hybridized carbons (Fsp3) is 0.240. The van der Waals surface area contributed by atoms with Gasteiger partial charge in [0.2, 0.25) is 0 Å². The summed E-state index contributed by atoms with van der Waals surface area (Å²) in [7, 11) is -3.54. The van der Waals surface area contributed by atoms with Crippen LogP contribution in [-0.2, 0) is 34.0 Å². The van der Waals surface area contributed by atoms with Gasteiger partial charge in [-0.1, -0.05) is 11.6 Å². The molecule has 35 heavy (non-hydrogen) atoms. The second kappa shape index (κ2) is 9.58. The molecule has 10 heteroatoms. The standard InChI is InChI=1S/C25H23ClFN3O4S/c1-35(31,32)34-16-21-10-17(4-6-28-21)14-29-8-9-33-25-19(15-29)12-22(13-23(25)26)30-7-5-18-11-20(27)2-3-24(18)30/h2-7,10-13H,8-9,14-16H2,1H3. The SMILES string of the molecule is CS(=O)(=O)OCc1cc(CN2CCOc3c(Cl)cc(-n4ccc5cc(F)ccc54)cc3C2)ccn1. The van der Waals surface area contributed by atoms with E-state index >= 15 is 0 Å². The molecule has 1 aliphatic rings. The van der Waals surface area contributed by atoms with Crippen molar-refractivity contribution in [1.82, 2.24) is 14.5 Å². The van der Waals surface area contributed by atoms with Crippen LogP contribution in [0.3, 0.4) is 0 Å². The molecule has 0 fully saturated rings. The highest BCUT2D eigenvalue weighted by atomic mass is 35.5. The lowest BCUT2D eigenvalue weighted by Crippen LogP contribution is -2.25. The number of fused-ring (bicyclic) bond motifs is 2. The number of pyridine rings is 1. The minimum atomic E-state index is -3.54. The summed E-state index contributed by atoms with van der Waals surface area (Å²) in [5.74, 6) is 0.388. The van der Waals surface area contributed by atoms with Crippen LogP contribution in [0.25, 0.3) is 16.6 Å². The predicted octanol–water partition coefficient (Wildman–Crippen LogP) is 4.69. The first-order valence-corrected chi connectivity index (χ1v) is 13.2. The number of halogens is 2. The number of aromatic nitrogens is 2. The molecular weight excluding hydrogens is 493 g/mol. The van der Waals surface area contributed by atoms with Crippen LogP contribution >= 0.6 is 11.6 Å². The first-order valence-electron chi connectivity index (χ1n) is 11.0. The van der Waals surface area contributed by atoms with E-state index in [1.165, 1.54) is 12.1 Å². The topological polar surface area (TPSA) is 73.7 Å². The van der Waals surface area contributed by atoms with Crippen molar-refractivity contribution in [2.45, 2.75) is 19.7 Å². The molecule has 2 aromatic carbocycles. The van der Waals surface area contributed by atoms with Crippen molar-refractivity contribution in [2.75, 3.05) is 19.4 Å². The summed E-state index contributed by atoms with van der Waals surface area (Å²) < 4.78 is 49.0. The highest BCUT2D eigenvalue weighted by molar-refractivity contribution is 7.85. The number of ether oxygens (including phenoxy) is 1. The van der Waals surface area contributed by atoms with Gasteiger partial charge in [-0.15, -0.1) is 0 Å². The van der Waals surface area contributed by atoms with E-state index in [-0.39, 0.29) is 12.4 Å². The van der Waals surface area contributed by atoms with Gasteiger partial charge in [0.25, 0.3) is 10.1 Å². The van der Waals surface area contributed by atoms with E-state index in [9.17, 15) is 12.8 Å². The minimum absolute atomic E-state index is 0.105. The Bertz CT molecular complexity index is 1510. The Morgan fingerprint density at radius 3 is 2.86 bits per heavy atom. The Balaban J connectivity index is 1.40. The van der Waals surface area contributed by atoms with Crippen LogP contribution in [0.5, 0.6) is 5.75 Å².